The van der Waals surface area contributed by atoms with E-state index in [1.54, 1.807) is 12.0 Å². The van der Waals surface area contributed by atoms with Gasteiger partial charge in [-0.1, -0.05) is 25.5 Å². The second kappa shape index (κ2) is 8.17. The molecule has 6 heteroatoms. The molecule has 1 aromatic carbocycles. The summed E-state index contributed by atoms with van der Waals surface area (Å²) in [7, 11) is 1.63. The molecule has 1 aromatic heterocycles. The van der Waals surface area contributed by atoms with Crippen LogP contribution in [0.3, 0.4) is 0 Å². The predicted molar refractivity (Wildman–Crippen MR) is 99.3 cm³/mol. The summed E-state index contributed by atoms with van der Waals surface area (Å²) < 4.78 is 5.16. The molecule has 0 fully saturated rings. The number of aromatic amines is 1. The number of carbonyl (C=O) groups is 1. The van der Waals surface area contributed by atoms with Crippen LogP contribution in [-0.2, 0) is 24.2 Å². The summed E-state index contributed by atoms with van der Waals surface area (Å²) in [6.07, 6.45) is 3.62. The number of unbranched alkanes of at least 4 members (excludes halogenated alkanes) is 1. The molecule has 138 valence electrons. The number of methoxy groups -OCH3 is 1. The molecule has 0 saturated heterocycles. The van der Waals surface area contributed by atoms with Crippen LogP contribution < -0.4 is 10.3 Å². The highest BCUT2D eigenvalue weighted by atomic mass is 16.5. The summed E-state index contributed by atoms with van der Waals surface area (Å²) in [5, 5.41) is 0. The lowest BCUT2D eigenvalue weighted by molar-refractivity contribution is -0.132. The number of hydrogen-bond acceptors (Lipinski definition) is 4. The zero-order valence-electron chi connectivity index (χ0n) is 15.4. The van der Waals surface area contributed by atoms with E-state index in [2.05, 4.69) is 16.9 Å². The molecular weight excluding hydrogens is 330 g/mol. The zero-order valence-corrected chi connectivity index (χ0v) is 15.4. The largest absolute Gasteiger partial charge is 0.497 e. The fraction of sp³-hybridized carbons (Fsp3) is 0.450. The van der Waals surface area contributed by atoms with Crippen molar-refractivity contribution in [3.05, 3.63) is 57.3 Å². The van der Waals surface area contributed by atoms with Crippen molar-refractivity contribution in [1.82, 2.24) is 14.9 Å². The predicted octanol–water partition coefficient (Wildman–Crippen LogP) is 2.44. The van der Waals surface area contributed by atoms with Gasteiger partial charge in [0.15, 0.2) is 0 Å². The third-order valence-corrected chi connectivity index (χ3v) is 4.75. The number of fused-ring (bicyclic) bond motifs is 1. The van der Waals surface area contributed by atoms with E-state index >= 15 is 0 Å². The van der Waals surface area contributed by atoms with Gasteiger partial charge in [0.2, 0.25) is 5.91 Å². The third kappa shape index (κ3) is 4.12. The molecule has 6 nitrogen and oxygen atoms in total. The van der Waals surface area contributed by atoms with Gasteiger partial charge in [0, 0.05) is 25.8 Å². The maximum atomic E-state index is 12.5. The molecule has 0 bridgehead atoms. The van der Waals surface area contributed by atoms with E-state index in [-0.39, 0.29) is 11.5 Å². The Hall–Kier alpha value is -2.63. The van der Waals surface area contributed by atoms with Gasteiger partial charge in [-0.25, -0.2) is 4.98 Å². The molecular formula is C20H25N3O3. The lowest BCUT2D eigenvalue weighted by atomic mass is 10.1. The van der Waals surface area contributed by atoms with Crippen LogP contribution in [0.5, 0.6) is 5.75 Å². The van der Waals surface area contributed by atoms with Gasteiger partial charge in [-0.2, -0.15) is 0 Å². The monoisotopic (exact) mass is 355 g/mol. The molecule has 0 aliphatic carbocycles. The minimum atomic E-state index is -0.133. The van der Waals surface area contributed by atoms with Crippen molar-refractivity contribution in [2.75, 3.05) is 13.7 Å². The molecule has 0 unspecified atom stereocenters. The molecule has 26 heavy (non-hydrogen) atoms. The van der Waals surface area contributed by atoms with Crippen molar-refractivity contribution in [3.63, 3.8) is 0 Å². The summed E-state index contributed by atoms with van der Waals surface area (Å²) >= 11 is 0. The molecule has 1 N–H and O–H groups in total. The Labute approximate surface area is 153 Å². The van der Waals surface area contributed by atoms with Crippen LogP contribution in [-0.4, -0.2) is 34.4 Å². The first-order chi connectivity index (χ1) is 12.6. The van der Waals surface area contributed by atoms with E-state index < -0.39 is 0 Å². The highest BCUT2D eigenvalue weighted by Crippen LogP contribution is 2.17. The van der Waals surface area contributed by atoms with E-state index in [9.17, 15) is 9.59 Å². The number of carbonyl (C=O) groups excluding carboxylic acids is 1. The lowest BCUT2D eigenvalue weighted by Crippen LogP contribution is -2.39. The van der Waals surface area contributed by atoms with Crippen LogP contribution >= 0.6 is 0 Å². The fourth-order valence-electron chi connectivity index (χ4n) is 3.20. The first-order valence-electron chi connectivity index (χ1n) is 9.12. The zero-order chi connectivity index (χ0) is 18.5. The number of aromatic nitrogens is 2. The van der Waals surface area contributed by atoms with Gasteiger partial charge >= 0.3 is 0 Å². The molecule has 1 aliphatic rings. The minimum absolute atomic E-state index is 0.124. The van der Waals surface area contributed by atoms with E-state index in [1.807, 2.05) is 24.3 Å². The Morgan fingerprint density at radius 3 is 2.77 bits per heavy atom. The highest BCUT2D eigenvalue weighted by Gasteiger charge is 2.24. The van der Waals surface area contributed by atoms with Gasteiger partial charge in [0.1, 0.15) is 11.6 Å². The molecule has 1 amide bonds. The molecule has 0 spiro atoms. The Balaban J connectivity index is 1.74. The SMILES string of the molecule is CCCCC(=O)N1CCc2nc(Cc3ccc(OC)cc3)[nH]c(=O)c2C1. The summed E-state index contributed by atoms with van der Waals surface area (Å²) in [6, 6.07) is 7.72. The quantitative estimate of drug-likeness (QED) is 0.864. The van der Waals surface area contributed by atoms with Crippen molar-refractivity contribution >= 4 is 5.91 Å². The Bertz CT molecular complexity index is 827. The average molecular weight is 355 g/mol. The standard InChI is InChI=1S/C20H25N3O3/c1-3-4-5-19(24)23-11-10-17-16(13-23)20(25)22-18(21-17)12-14-6-8-15(26-2)9-7-14/h6-9H,3-5,10-13H2,1-2H3,(H,21,22,25). The van der Waals surface area contributed by atoms with Crippen molar-refractivity contribution in [1.29, 1.82) is 0 Å². The number of H-pyrrole nitrogens is 1. The summed E-state index contributed by atoms with van der Waals surface area (Å²) in [4.78, 5) is 34.0. The number of hydrogen-bond donors (Lipinski definition) is 1. The van der Waals surface area contributed by atoms with Gasteiger partial charge in [-0.05, 0) is 24.1 Å². The van der Waals surface area contributed by atoms with E-state index in [4.69, 9.17) is 4.74 Å². The number of rotatable bonds is 6. The molecule has 1 aliphatic heterocycles. The lowest BCUT2D eigenvalue weighted by Gasteiger charge is -2.28. The molecule has 2 heterocycles. The maximum Gasteiger partial charge on any atom is 0.256 e. The highest BCUT2D eigenvalue weighted by molar-refractivity contribution is 5.76. The van der Waals surface area contributed by atoms with Gasteiger partial charge < -0.3 is 14.6 Å². The number of nitrogens with zero attached hydrogens (tertiary/aromatic N) is 2. The van der Waals surface area contributed by atoms with Gasteiger partial charge in [-0.3, -0.25) is 9.59 Å². The number of nitrogens with one attached hydrogen (secondary N) is 1. The van der Waals surface area contributed by atoms with Crippen molar-refractivity contribution in [3.8, 4) is 5.75 Å². The Morgan fingerprint density at radius 1 is 1.31 bits per heavy atom. The number of amides is 1. The van der Waals surface area contributed by atoms with E-state index in [0.717, 1.165) is 29.8 Å². The Morgan fingerprint density at radius 2 is 2.08 bits per heavy atom. The summed E-state index contributed by atoms with van der Waals surface area (Å²) in [5.41, 5.74) is 2.36. The van der Waals surface area contributed by atoms with Crippen LogP contribution in [0.15, 0.2) is 29.1 Å². The van der Waals surface area contributed by atoms with Gasteiger partial charge in [-0.15, -0.1) is 0 Å². The van der Waals surface area contributed by atoms with Crippen LogP contribution in [0.4, 0.5) is 0 Å². The molecule has 2 aromatic rings. The fourth-order valence-corrected chi connectivity index (χ4v) is 3.20. The summed E-state index contributed by atoms with van der Waals surface area (Å²) in [6.45, 7) is 3.06. The van der Waals surface area contributed by atoms with E-state index in [1.165, 1.54) is 0 Å². The first-order valence-corrected chi connectivity index (χ1v) is 9.12. The number of ether oxygens (including phenoxy) is 1. The first kappa shape index (κ1) is 18.2. The molecule has 3 rings (SSSR count). The average Bonchev–Trinajstić information content (AvgIpc) is 2.66. The minimum Gasteiger partial charge on any atom is -0.497 e. The van der Waals surface area contributed by atoms with Crippen LogP contribution in [0.25, 0.3) is 0 Å². The second-order valence-electron chi connectivity index (χ2n) is 6.63. The topological polar surface area (TPSA) is 75.3 Å². The van der Waals surface area contributed by atoms with Crippen LogP contribution in [0.2, 0.25) is 0 Å². The normalized spacial score (nSPS) is 13.4. The summed E-state index contributed by atoms with van der Waals surface area (Å²) in [5.74, 6) is 1.58. The van der Waals surface area contributed by atoms with Gasteiger partial charge in [0.25, 0.3) is 5.56 Å². The van der Waals surface area contributed by atoms with Crippen LogP contribution in [0, 0.1) is 0 Å². The molecule has 0 saturated carbocycles. The Kier molecular flexibility index (Phi) is 5.71. The van der Waals surface area contributed by atoms with Crippen molar-refractivity contribution in [2.45, 2.75) is 45.6 Å². The number of benzene rings is 1. The molecule has 0 radical (unpaired) electrons. The van der Waals surface area contributed by atoms with Crippen LogP contribution in [0.1, 0.15) is 48.8 Å². The maximum absolute atomic E-state index is 12.5. The van der Waals surface area contributed by atoms with Crippen molar-refractivity contribution in [2.24, 2.45) is 0 Å². The van der Waals surface area contributed by atoms with Crippen molar-refractivity contribution < 1.29 is 9.53 Å². The smallest absolute Gasteiger partial charge is 0.256 e. The second-order valence-corrected chi connectivity index (χ2v) is 6.63. The van der Waals surface area contributed by atoms with Gasteiger partial charge in [0.05, 0.1) is 24.9 Å². The van der Waals surface area contributed by atoms with E-state index in [0.29, 0.717) is 43.7 Å². The third-order valence-electron chi connectivity index (χ3n) is 4.75. The molecule has 0 atom stereocenters.